The number of alkyl halides is 1. The van der Waals surface area contributed by atoms with E-state index in [-0.39, 0.29) is 0 Å². The van der Waals surface area contributed by atoms with Crippen molar-refractivity contribution in [3.63, 3.8) is 0 Å². The minimum atomic E-state index is 0.574. The Labute approximate surface area is 99.4 Å². The number of nitrogens with zero attached hydrogens (tertiary/aromatic N) is 1. The van der Waals surface area contributed by atoms with E-state index in [0.717, 1.165) is 25.5 Å². The number of hydrogen-bond donors (Lipinski definition) is 1. The fraction of sp³-hybridized carbons (Fsp3) is 1.00. The zero-order valence-corrected chi connectivity index (χ0v) is 10.9. The Morgan fingerprint density at radius 1 is 1.27 bits per heavy atom. The second kappa shape index (κ2) is 6.72. The van der Waals surface area contributed by atoms with E-state index >= 15 is 0 Å². The molecule has 2 nitrogen and oxygen atoms in total. The first kappa shape index (κ1) is 13.3. The van der Waals surface area contributed by atoms with Crippen LogP contribution in [0.4, 0.5) is 0 Å². The molecule has 0 radical (unpaired) electrons. The predicted octanol–water partition coefficient (Wildman–Crippen LogP) is 2.33. The van der Waals surface area contributed by atoms with Gasteiger partial charge < -0.3 is 10.2 Å². The molecular weight excluding hydrogens is 208 g/mol. The van der Waals surface area contributed by atoms with Crippen molar-refractivity contribution < 1.29 is 0 Å². The van der Waals surface area contributed by atoms with Crippen molar-refractivity contribution in [2.75, 3.05) is 38.6 Å². The molecule has 1 aliphatic carbocycles. The monoisotopic (exact) mass is 232 g/mol. The smallest absolute Gasteiger partial charge is 0.0229 e. The molecule has 1 N–H and O–H groups in total. The van der Waals surface area contributed by atoms with Gasteiger partial charge in [0.25, 0.3) is 0 Å². The largest absolute Gasteiger partial charge is 0.315 e. The van der Waals surface area contributed by atoms with E-state index < -0.39 is 0 Å². The molecule has 0 atom stereocenters. The highest BCUT2D eigenvalue weighted by atomic mass is 35.5. The lowest BCUT2D eigenvalue weighted by atomic mass is 10.0. The first-order valence-corrected chi connectivity index (χ1v) is 6.79. The van der Waals surface area contributed by atoms with Crippen molar-refractivity contribution >= 4 is 11.6 Å². The van der Waals surface area contributed by atoms with E-state index in [1.165, 1.54) is 32.4 Å². The zero-order chi connectivity index (χ0) is 11.1. The Kier molecular flexibility index (Phi) is 5.95. The van der Waals surface area contributed by atoms with E-state index in [1.54, 1.807) is 0 Å². The number of halogens is 1. The summed E-state index contributed by atoms with van der Waals surface area (Å²) in [5.41, 5.74) is 0.574. The van der Waals surface area contributed by atoms with Gasteiger partial charge in [-0.05, 0) is 37.8 Å². The van der Waals surface area contributed by atoms with Crippen molar-refractivity contribution in [3.05, 3.63) is 0 Å². The Hall–Kier alpha value is 0.210. The van der Waals surface area contributed by atoms with Crippen LogP contribution in [0.3, 0.4) is 0 Å². The van der Waals surface area contributed by atoms with Crippen LogP contribution >= 0.6 is 11.6 Å². The Morgan fingerprint density at radius 2 is 1.93 bits per heavy atom. The van der Waals surface area contributed by atoms with Crippen LogP contribution in [0.1, 0.15) is 33.1 Å². The zero-order valence-electron chi connectivity index (χ0n) is 10.2. The Balaban J connectivity index is 2.01. The molecule has 0 aromatic carbocycles. The third kappa shape index (κ3) is 4.71. The fourth-order valence-corrected chi connectivity index (χ4v) is 2.42. The summed E-state index contributed by atoms with van der Waals surface area (Å²) in [6, 6.07) is 0. The minimum absolute atomic E-state index is 0.574. The van der Waals surface area contributed by atoms with Gasteiger partial charge in [-0.15, -0.1) is 11.6 Å². The first-order chi connectivity index (χ1) is 7.26. The highest BCUT2D eigenvalue weighted by molar-refractivity contribution is 6.17. The van der Waals surface area contributed by atoms with E-state index in [9.17, 15) is 0 Å². The molecule has 0 aromatic rings. The summed E-state index contributed by atoms with van der Waals surface area (Å²) in [6.45, 7) is 10.2. The van der Waals surface area contributed by atoms with Gasteiger partial charge >= 0.3 is 0 Å². The quantitative estimate of drug-likeness (QED) is 0.485. The standard InChI is InChI=1S/C12H25ClN2/c1-3-15(4-2)10-9-14-11-12(5-6-12)7-8-13/h14H,3-11H2,1-2H3. The van der Waals surface area contributed by atoms with Gasteiger partial charge in [0.05, 0.1) is 0 Å². The summed E-state index contributed by atoms with van der Waals surface area (Å²) in [5.74, 6) is 0.817. The maximum absolute atomic E-state index is 5.80. The molecule has 0 bridgehead atoms. The molecule has 1 aliphatic rings. The van der Waals surface area contributed by atoms with E-state index in [1.807, 2.05) is 0 Å². The van der Waals surface area contributed by atoms with Gasteiger partial charge in [-0.2, -0.15) is 0 Å². The van der Waals surface area contributed by atoms with Crippen molar-refractivity contribution in [2.45, 2.75) is 33.1 Å². The third-order valence-corrected chi connectivity index (χ3v) is 3.77. The molecule has 15 heavy (non-hydrogen) atoms. The molecule has 90 valence electrons. The van der Waals surface area contributed by atoms with Crippen molar-refractivity contribution in [3.8, 4) is 0 Å². The molecule has 0 aromatic heterocycles. The molecule has 0 aliphatic heterocycles. The first-order valence-electron chi connectivity index (χ1n) is 6.25. The summed E-state index contributed by atoms with van der Waals surface area (Å²) < 4.78 is 0. The van der Waals surface area contributed by atoms with Crippen LogP contribution in [0.5, 0.6) is 0 Å². The topological polar surface area (TPSA) is 15.3 Å². The number of nitrogens with one attached hydrogen (secondary N) is 1. The number of likely N-dealkylation sites (N-methyl/N-ethyl adjacent to an activating group) is 1. The number of rotatable bonds is 9. The van der Waals surface area contributed by atoms with E-state index in [4.69, 9.17) is 11.6 Å². The summed E-state index contributed by atoms with van der Waals surface area (Å²) >= 11 is 5.80. The second-order valence-electron chi connectivity index (χ2n) is 4.64. The second-order valence-corrected chi connectivity index (χ2v) is 5.02. The van der Waals surface area contributed by atoms with Gasteiger partial charge in [0.15, 0.2) is 0 Å². The van der Waals surface area contributed by atoms with E-state index in [2.05, 4.69) is 24.1 Å². The van der Waals surface area contributed by atoms with Crippen molar-refractivity contribution in [1.29, 1.82) is 0 Å². The van der Waals surface area contributed by atoms with Gasteiger partial charge in [0, 0.05) is 25.5 Å². The molecule has 0 heterocycles. The fourth-order valence-electron chi connectivity index (χ4n) is 2.02. The lowest BCUT2D eigenvalue weighted by Crippen LogP contribution is -2.34. The number of hydrogen-bond acceptors (Lipinski definition) is 2. The van der Waals surface area contributed by atoms with Crippen LogP contribution in [0.25, 0.3) is 0 Å². The summed E-state index contributed by atoms with van der Waals surface area (Å²) in [5, 5.41) is 3.57. The molecule has 0 saturated heterocycles. The lowest BCUT2D eigenvalue weighted by Gasteiger charge is -2.20. The van der Waals surface area contributed by atoms with Gasteiger partial charge in [-0.25, -0.2) is 0 Å². The predicted molar refractivity (Wildman–Crippen MR) is 67.7 cm³/mol. The Bertz CT molecular complexity index is 165. The highest BCUT2D eigenvalue weighted by Crippen LogP contribution is 2.48. The van der Waals surface area contributed by atoms with Gasteiger partial charge in [0.2, 0.25) is 0 Å². The molecule has 1 rings (SSSR count). The van der Waals surface area contributed by atoms with Crippen LogP contribution in [-0.4, -0.2) is 43.5 Å². The molecular formula is C12H25ClN2. The molecule has 0 amide bonds. The average Bonchev–Trinajstić information content (AvgIpc) is 2.99. The summed E-state index contributed by atoms with van der Waals surface area (Å²) in [6.07, 6.45) is 3.93. The SMILES string of the molecule is CCN(CC)CCNCC1(CCCl)CC1. The molecule has 0 spiro atoms. The van der Waals surface area contributed by atoms with Crippen LogP contribution in [0.15, 0.2) is 0 Å². The summed E-state index contributed by atoms with van der Waals surface area (Å²) in [4.78, 5) is 2.45. The highest BCUT2D eigenvalue weighted by Gasteiger charge is 2.40. The van der Waals surface area contributed by atoms with Crippen LogP contribution < -0.4 is 5.32 Å². The minimum Gasteiger partial charge on any atom is -0.315 e. The maximum atomic E-state index is 5.80. The van der Waals surface area contributed by atoms with Crippen molar-refractivity contribution in [2.24, 2.45) is 5.41 Å². The molecule has 0 unspecified atom stereocenters. The maximum Gasteiger partial charge on any atom is 0.0229 e. The average molecular weight is 233 g/mol. The van der Waals surface area contributed by atoms with Gasteiger partial charge in [0.1, 0.15) is 0 Å². The van der Waals surface area contributed by atoms with Crippen LogP contribution in [0, 0.1) is 5.41 Å². The van der Waals surface area contributed by atoms with Crippen LogP contribution in [-0.2, 0) is 0 Å². The van der Waals surface area contributed by atoms with Gasteiger partial charge in [-0.3, -0.25) is 0 Å². The molecule has 1 fully saturated rings. The molecule has 1 saturated carbocycles. The van der Waals surface area contributed by atoms with Crippen LogP contribution in [0.2, 0.25) is 0 Å². The Morgan fingerprint density at radius 3 is 2.40 bits per heavy atom. The summed E-state index contributed by atoms with van der Waals surface area (Å²) in [7, 11) is 0. The molecule has 3 heteroatoms. The van der Waals surface area contributed by atoms with Gasteiger partial charge in [-0.1, -0.05) is 13.8 Å². The van der Waals surface area contributed by atoms with E-state index in [0.29, 0.717) is 5.41 Å². The van der Waals surface area contributed by atoms with Crippen molar-refractivity contribution in [1.82, 2.24) is 10.2 Å². The lowest BCUT2D eigenvalue weighted by molar-refractivity contribution is 0.296. The third-order valence-electron chi connectivity index (χ3n) is 3.58. The normalized spacial score (nSPS) is 18.4.